The number of piperidine rings is 1. The smallest absolute Gasteiger partial charge is 0.271 e. The van der Waals surface area contributed by atoms with Gasteiger partial charge in [0.05, 0.1) is 19.6 Å². The number of rotatable bonds is 10. The molecule has 3 aromatic rings. The van der Waals surface area contributed by atoms with Crippen LogP contribution in [-0.2, 0) is 12.1 Å². The predicted octanol–water partition coefficient (Wildman–Crippen LogP) is 6.81. The van der Waals surface area contributed by atoms with E-state index in [1.54, 1.807) is 0 Å². The van der Waals surface area contributed by atoms with Gasteiger partial charge < -0.3 is 14.0 Å². The molecule has 1 N–H and O–H groups in total. The Balaban J connectivity index is 1.34. The maximum Gasteiger partial charge on any atom is 0.271 e. The van der Waals surface area contributed by atoms with Gasteiger partial charge in [-0.25, -0.2) is 0 Å². The van der Waals surface area contributed by atoms with Crippen molar-refractivity contribution in [2.45, 2.75) is 75.3 Å². The Bertz CT molecular complexity index is 1100. The molecule has 1 aromatic heterocycles. The molecule has 3 atom stereocenters. The molecule has 0 bridgehead atoms. The second-order valence-corrected chi connectivity index (χ2v) is 12.3. The van der Waals surface area contributed by atoms with Gasteiger partial charge in [-0.2, -0.15) is 0 Å². The molecule has 5 nitrogen and oxygen atoms in total. The lowest BCUT2D eigenvalue weighted by Crippen LogP contribution is -2.54. The van der Waals surface area contributed by atoms with Crippen molar-refractivity contribution in [3.8, 4) is 0 Å². The molecule has 0 radical (unpaired) electrons. The zero-order valence-corrected chi connectivity index (χ0v) is 23.0. The first-order valence-electron chi connectivity index (χ1n) is 14.2. The Labute approximate surface area is 226 Å². The second-order valence-electron chi connectivity index (χ2n) is 11.2. The third-order valence-corrected chi connectivity index (χ3v) is 9.73. The van der Waals surface area contributed by atoms with E-state index in [4.69, 9.17) is 4.42 Å². The number of quaternary nitrogens is 1. The van der Waals surface area contributed by atoms with Crippen molar-refractivity contribution in [2.75, 3.05) is 25.4 Å². The normalized spacial score (nSPS) is 24.5. The lowest BCUT2D eigenvalue weighted by Gasteiger charge is -2.43. The van der Waals surface area contributed by atoms with Crippen LogP contribution in [0.15, 0.2) is 70.0 Å². The van der Waals surface area contributed by atoms with Gasteiger partial charge in [-0.15, -0.1) is 22.0 Å². The first-order valence-corrected chi connectivity index (χ1v) is 15.2. The molecular formula is C31H42N3O2S+. The van der Waals surface area contributed by atoms with Crippen molar-refractivity contribution in [1.29, 1.82) is 0 Å². The minimum Gasteiger partial charge on any atom is -0.416 e. The van der Waals surface area contributed by atoms with Gasteiger partial charge in [0.15, 0.2) is 12.1 Å². The average Bonchev–Trinajstić information content (AvgIpc) is 3.42. The van der Waals surface area contributed by atoms with Crippen LogP contribution in [0.2, 0.25) is 0 Å². The number of aromatic nitrogens is 2. The summed E-state index contributed by atoms with van der Waals surface area (Å²) in [7, 11) is 0. The van der Waals surface area contributed by atoms with Crippen LogP contribution in [0.1, 0.15) is 75.6 Å². The van der Waals surface area contributed by atoms with E-state index in [0.717, 1.165) is 74.1 Å². The molecule has 6 heteroatoms. The summed E-state index contributed by atoms with van der Waals surface area (Å²) in [6.07, 6.45) is 9.14. The topological polar surface area (TPSA) is 59.2 Å². The standard InChI is InChI=1S/C31H42N3O2S/c1-2-20-34(21-12-13-25(22-34)24-37-28-18-10-5-11-19-28)23-29-32-33-30(36-29)31(35,26-14-6-3-7-15-26)27-16-8-4-9-17-27/h3,5-7,10-11,14-15,18-19,25,27,35H,2,4,8-9,12-13,16-17,20-24H2,1H3/q+1/t25?,31-,34?/m0/s1. The van der Waals surface area contributed by atoms with E-state index in [1.807, 2.05) is 42.1 Å². The summed E-state index contributed by atoms with van der Waals surface area (Å²) in [4.78, 5) is 1.35. The summed E-state index contributed by atoms with van der Waals surface area (Å²) in [5, 5.41) is 21.2. The van der Waals surface area contributed by atoms with Gasteiger partial charge in [0.25, 0.3) is 11.8 Å². The van der Waals surface area contributed by atoms with Gasteiger partial charge in [0.1, 0.15) is 0 Å². The van der Waals surface area contributed by atoms with Gasteiger partial charge in [-0.3, -0.25) is 0 Å². The van der Waals surface area contributed by atoms with E-state index in [-0.39, 0.29) is 5.92 Å². The molecule has 2 heterocycles. The molecule has 0 spiro atoms. The Morgan fingerprint density at radius 2 is 1.68 bits per heavy atom. The summed E-state index contributed by atoms with van der Waals surface area (Å²) in [6.45, 7) is 6.46. The van der Waals surface area contributed by atoms with Crippen LogP contribution in [0.3, 0.4) is 0 Å². The zero-order valence-electron chi connectivity index (χ0n) is 22.2. The number of nitrogens with zero attached hydrogens (tertiary/aromatic N) is 3. The van der Waals surface area contributed by atoms with Crippen LogP contribution in [-0.4, -0.2) is 45.2 Å². The Morgan fingerprint density at radius 1 is 0.946 bits per heavy atom. The number of likely N-dealkylation sites (tertiary alicyclic amines) is 1. The molecule has 1 saturated carbocycles. The van der Waals surface area contributed by atoms with Crippen molar-refractivity contribution in [2.24, 2.45) is 11.8 Å². The third-order valence-electron chi connectivity index (χ3n) is 8.49. The van der Waals surface area contributed by atoms with Crippen LogP contribution in [0.5, 0.6) is 0 Å². The van der Waals surface area contributed by atoms with Crippen LogP contribution in [0, 0.1) is 11.8 Å². The van der Waals surface area contributed by atoms with E-state index in [9.17, 15) is 5.11 Å². The van der Waals surface area contributed by atoms with Gasteiger partial charge in [0.2, 0.25) is 0 Å². The number of aliphatic hydroxyl groups is 1. The van der Waals surface area contributed by atoms with E-state index in [2.05, 4.69) is 47.5 Å². The maximum absolute atomic E-state index is 12.2. The Morgan fingerprint density at radius 3 is 2.41 bits per heavy atom. The van der Waals surface area contributed by atoms with Crippen LogP contribution >= 0.6 is 11.8 Å². The summed E-state index contributed by atoms with van der Waals surface area (Å²) in [5.41, 5.74) is -0.357. The highest BCUT2D eigenvalue weighted by atomic mass is 32.2. The molecule has 37 heavy (non-hydrogen) atoms. The van der Waals surface area contributed by atoms with E-state index < -0.39 is 5.60 Å². The fourth-order valence-corrected chi connectivity index (χ4v) is 7.77. The van der Waals surface area contributed by atoms with E-state index in [0.29, 0.717) is 17.7 Å². The molecule has 2 aromatic carbocycles. The molecule has 1 saturated heterocycles. The highest BCUT2D eigenvalue weighted by Gasteiger charge is 2.46. The van der Waals surface area contributed by atoms with Crippen LogP contribution < -0.4 is 0 Å². The lowest BCUT2D eigenvalue weighted by molar-refractivity contribution is -0.949. The Kier molecular flexibility index (Phi) is 8.68. The van der Waals surface area contributed by atoms with E-state index >= 15 is 0 Å². The minimum atomic E-state index is -1.22. The van der Waals surface area contributed by atoms with E-state index in [1.165, 1.54) is 24.2 Å². The first-order chi connectivity index (χ1) is 18.1. The van der Waals surface area contributed by atoms with Crippen molar-refractivity contribution in [3.05, 3.63) is 78.0 Å². The fourth-order valence-electron chi connectivity index (χ4n) is 6.72. The lowest BCUT2D eigenvalue weighted by atomic mass is 9.73. The number of hydrogen-bond donors (Lipinski definition) is 1. The highest BCUT2D eigenvalue weighted by molar-refractivity contribution is 7.99. The molecule has 198 valence electrons. The summed E-state index contributed by atoms with van der Waals surface area (Å²) >= 11 is 1.98. The molecule has 5 rings (SSSR count). The molecule has 0 amide bonds. The van der Waals surface area contributed by atoms with Crippen LogP contribution in [0.25, 0.3) is 0 Å². The largest absolute Gasteiger partial charge is 0.416 e. The minimum absolute atomic E-state index is 0.102. The zero-order chi connectivity index (χ0) is 25.6. The quantitative estimate of drug-likeness (QED) is 0.235. The first kappa shape index (κ1) is 26.5. The number of thioether (sulfide) groups is 1. The van der Waals surface area contributed by atoms with Gasteiger partial charge in [0, 0.05) is 22.5 Å². The van der Waals surface area contributed by atoms with Gasteiger partial charge in [-0.1, -0.05) is 74.7 Å². The van der Waals surface area contributed by atoms with Gasteiger partial charge in [-0.05, 0) is 49.8 Å². The molecule has 1 aliphatic heterocycles. The molecule has 2 fully saturated rings. The highest BCUT2D eigenvalue weighted by Crippen LogP contribution is 2.43. The molecule has 2 unspecified atom stereocenters. The molecular weight excluding hydrogens is 478 g/mol. The van der Waals surface area contributed by atoms with Crippen LogP contribution in [0.4, 0.5) is 0 Å². The van der Waals surface area contributed by atoms with Crippen molar-refractivity contribution in [1.82, 2.24) is 10.2 Å². The Hall–Kier alpha value is -2.15. The summed E-state index contributed by atoms with van der Waals surface area (Å²) < 4.78 is 7.41. The maximum atomic E-state index is 12.2. The molecule has 1 aliphatic carbocycles. The summed E-state index contributed by atoms with van der Waals surface area (Å²) in [6, 6.07) is 20.7. The summed E-state index contributed by atoms with van der Waals surface area (Å²) in [5.74, 6) is 2.98. The van der Waals surface area contributed by atoms with Gasteiger partial charge >= 0.3 is 0 Å². The van der Waals surface area contributed by atoms with Crippen molar-refractivity contribution >= 4 is 11.8 Å². The third kappa shape index (κ3) is 6.13. The second kappa shape index (κ2) is 12.1. The monoisotopic (exact) mass is 520 g/mol. The predicted molar refractivity (Wildman–Crippen MR) is 149 cm³/mol. The number of benzene rings is 2. The van der Waals surface area contributed by atoms with Crippen molar-refractivity contribution < 1.29 is 14.0 Å². The fraction of sp³-hybridized carbons (Fsp3) is 0.548. The van der Waals surface area contributed by atoms with Crippen molar-refractivity contribution in [3.63, 3.8) is 0 Å². The SMILES string of the molecule is CCC[N+]1(Cc2nnc([C@](O)(c3ccccc3)C3CCCCC3)o2)CCCC(CSc2ccccc2)C1. The number of hydrogen-bond acceptors (Lipinski definition) is 5. The average molecular weight is 521 g/mol. The molecule has 2 aliphatic rings.